The molecule has 6 aromatic carbocycles. The highest BCUT2D eigenvalue weighted by molar-refractivity contribution is 5.85. The highest BCUT2D eigenvalue weighted by Crippen LogP contribution is 2.38. The zero-order valence-corrected chi connectivity index (χ0v) is 28.9. The van der Waals surface area contributed by atoms with Crippen LogP contribution in [0.15, 0.2) is 146 Å². The molecule has 0 bridgehead atoms. The lowest BCUT2D eigenvalue weighted by Gasteiger charge is -2.14. The van der Waals surface area contributed by atoms with Gasteiger partial charge in [0.1, 0.15) is 41.1 Å². The van der Waals surface area contributed by atoms with E-state index in [1.165, 1.54) is 21.5 Å². The molecule has 0 aliphatic rings. The second-order valence-electron chi connectivity index (χ2n) is 11.7. The summed E-state index contributed by atoms with van der Waals surface area (Å²) in [5, 5.41) is 33.9. The molecule has 11 nitrogen and oxygen atoms in total. The first-order valence-corrected chi connectivity index (χ1v) is 16.8. The first-order valence-electron chi connectivity index (χ1n) is 16.8. The number of aromatic hydroxyl groups is 1. The van der Waals surface area contributed by atoms with Crippen molar-refractivity contribution in [3.8, 4) is 67.9 Å². The summed E-state index contributed by atoms with van der Waals surface area (Å²) in [6.45, 7) is 0.921. The summed E-state index contributed by atoms with van der Waals surface area (Å²) < 4.78 is 42.3. The quantitative estimate of drug-likeness (QED) is 0.140. The number of halogens is 2. The number of nitrogens with zero attached hydrogens (tertiary/aromatic N) is 8. The van der Waals surface area contributed by atoms with Gasteiger partial charge in [-0.05, 0) is 68.4 Å². The number of hydrogen-bond acceptors (Lipinski definition) is 9. The van der Waals surface area contributed by atoms with E-state index in [1.54, 1.807) is 55.6 Å². The molecule has 0 fully saturated rings. The molecule has 0 amide bonds. The minimum absolute atomic E-state index is 0.153. The van der Waals surface area contributed by atoms with Gasteiger partial charge in [0.15, 0.2) is 11.6 Å². The summed E-state index contributed by atoms with van der Waals surface area (Å²) >= 11 is 0. The number of rotatable bonds is 10. The molecule has 0 unspecified atom stereocenters. The van der Waals surface area contributed by atoms with Gasteiger partial charge < -0.3 is 14.6 Å². The third-order valence-electron chi connectivity index (χ3n) is 8.35. The Morgan fingerprint density at radius 1 is 0.500 bits per heavy atom. The molecule has 8 rings (SSSR count). The molecule has 268 valence electrons. The van der Waals surface area contributed by atoms with E-state index in [2.05, 4.69) is 31.1 Å². The maximum Gasteiger partial charge on any atom is 0.187 e. The van der Waals surface area contributed by atoms with Gasteiger partial charge in [0, 0.05) is 29.4 Å². The summed E-state index contributed by atoms with van der Waals surface area (Å²) in [4.78, 5) is 0. The molecule has 2 heterocycles. The molecule has 0 aliphatic heterocycles. The third kappa shape index (κ3) is 7.43. The minimum Gasteiger partial charge on any atom is -0.507 e. The smallest absolute Gasteiger partial charge is 0.187 e. The number of hydrogen-bond donors (Lipinski definition) is 1. The van der Waals surface area contributed by atoms with Crippen molar-refractivity contribution < 1.29 is 23.4 Å². The topological polar surface area (TPSA) is 126 Å². The van der Waals surface area contributed by atoms with Crippen LogP contribution in [0.4, 0.5) is 8.78 Å². The van der Waals surface area contributed by atoms with Crippen molar-refractivity contribution in [3.05, 3.63) is 157 Å². The maximum atomic E-state index is 14.4. The van der Waals surface area contributed by atoms with Gasteiger partial charge in [0.2, 0.25) is 0 Å². The lowest BCUT2D eigenvalue weighted by molar-refractivity contribution is 0.146. The largest absolute Gasteiger partial charge is 0.507 e. The van der Waals surface area contributed by atoms with Crippen LogP contribution in [0, 0.1) is 11.6 Å². The average Bonchev–Trinajstić information content (AvgIpc) is 3.90. The molecule has 0 radical (unpaired) electrons. The second kappa shape index (κ2) is 16.5. The van der Waals surface area contributed by atoms with Crippen LogP contribution in [0.2, 0.25) is 0 Å². The first-order chi connectivity index (χ1) is 26.5. The molecule has 54 heavy (non-hydrogen) atoms. The maximum absolute atomic E-state index is 14.4. The molecular weight excluding hydrogens is 690 g/mol. The van der Waals surface area contributed by atoms with Crippen LogP contribution in [0.5, 0.6) is 11.5 Å². The summed E-state index contributed by atoms with van der Waals surface area (Å²) in [5.41, 5.74) is 5.19. The summed E-state index contributed by atoms with van der Waals surface area (Å²) in [5.74, 6) is 0.890. The van der Waals surface area contributed by atoms with Gasteiger partial charge in [-0.15, -0.1) is 10.2 Å². The average molecular weight is 723 g/mol. The van der Waals surface area contributed by atoms with E-state index in [4.69, 9.17) is 9.47 Å². The predicted octanol–water partition coefficient (Wildman–Crippen LogP) is 8.00. The number of phenolic OH excluding ortho intramolecular Hbond substituents is 1. The van der Waals surface area contributed by atoms with E-state index < -0.39 is 11.6 Å². The number of phenols is 1. The molecule has 0 spiro atoms. The fourth-order valence-corrected chi connectivity index (χ4v) is 5.86. The standard InChI is InChI=1S/C22H19FN4O2.C19H13FN4O/c1-28-14-15-29-21-13-7-4-9-17(21)16-8-2-3-10-18(16)22-24-25-26-27(22)20-12-6-5-11-19(20)23;20-16-10-4-5-11-17(16)24-19(21-22-23-24)15-9-2-1-7-13(15)14-8-3-6-12-18(14)25/h2-13H,14-15H2,1H3;1-12,25H. The van der Waals surface area contributed by atoms with E-state index >= 15 is 0 Å². The molecule has 0 saturated carbocycles. The highest BCUT2D eigenvalue weighted by Gasteiger charge is 2.20. The van der Waals surface area contributed by atoms with Gasteiger partial charge in [0.05, 0.1) is 6.61 Å². The van der Waals surface area contributed by atoms with E-state index in [0.29, 0.717) is 36.0 Å². The fourth-order valence-electron chi connectivity index (χ4n) is 5.86. The number of para-hydroxylation sites is 4. The Morgan fingerprint density at radius 2 is 0.926 bits per heavy atom. The van der Waals surface area contributed by atoms with Crippen LogP contribution in [0.3, 0.4) is 0 Å². The van der Waals surface area contributed by atoms with Gasteiger partial charge in [-0.2, -0.15) is 9.36 Å². The van der Waals surface area contributed by atoms with E-state index in [1.807, 2.05) is 84.9 Å². The third-order valence-corrected chi connectivity index (χ3v) is 8.35. The van der Waals surface area contributed by atoms with Crippen molar-refractivity contribution in [2.24, 2.45) is 0 Å². The van der Waals surface area contributed by atoms with Crippen molar-refractivity contribution in [2.75, 3.05) is 20.3 Å². The molecule has 13 heteroatoms. The number of methoxy groups -OCH3 is 1. The molecule has 8 aromatic rings. The lowest BCUT2D eigenvalue weighted by atomic mass is 9.98. The van der Waals surface area contributed by atoms with Crippen LogP contribution in [-0.2, 0) is 4.74 Å². The zero-order valence-electron chi connectivity index (χ0n) is 28.9. The van der Waals surface area contributed by atoms with Crippen molar-refractivity contribution >= 4 is 0 Å². The SMILES string of the molecule is COCCOc1ccccc1-c1ccccc1-c1nnnn1-c1ccccc1F.Oc1ccccc1-c1ccccc1-c1nnnn1-c1ccccc1F. The van der Waals surface area contributed by atoms with Crippen LogP contribution in [-0.4, -0.2) is 65.8 Å². The van der Waals surface area contributed by atoms with Gasteiger partial charge in [-0.1, -0.05) is 109 Å². The molecule has 0 atom stereocenters. The number of tetrazole rings is 2. The van der Waals surface area contributed by atoms with Crippen molar-refractivity contribution in [1.29, 1.82) is 0 Å². The Labute approximate surface area is 308 Å². The monoisotopic (exact) mass is 722 g/mol. The van der Waals surface area contributed by atoms with Crippen LogP contribution in [0.1, 0.15) is 0 Å². The van der Waals surface area contributed by atoms with Crippen molar-refractivity contribution in [1.82, 2.24) is 40.4 Å². The number of benzene rings is 6. The summed E-state index contributed by atoms with van der Waals surface area (Å²) in [7, 11) is 1.63. The Balaban J connectivity index is 0.000000168. The summed E-state index contributed by atoms with van der Waals surface area (Å²) in [6.07, 6.45) is 0. The Morgan fingerprint density at radius 3 is 1.44 bits per heavy atom. The molecule has 2 aromatic heterocycles. The lowest BCUT2D eigenvalue weighted by Crippen LogP contribution is -2.06. The summed E-state index contributed by atoms with van der Waals surface area (Å²) in [6, 6.07) is 42.6. The molecular formula is C41H32F2N8O3. The predicted molar refractivity (Wildman–Crippen MR) is 199 cm³/mol. The Bertz CT molecular complexity index is 2500. The normalized spacial score (nSPS) is 10.8. The zero-order chi connectivity index (χ0) is 37.3. The van der Waals surface area contributed by atoms with E-state index in [9.17, 15) is 13.9 Å². The van der Waals surface area contributed by atoms with Crippen LogP contribution >= 0.6 is 0 Å². The van der Waals surface area contributed by atoms with Gasteiger partial charge in [-0.3, -0.25) is 0 Å². The molecule has 1 N–H and O–H groups in total. The molecule has 0 aliphatic carbocycles. The van der Waals surface area contributed by atoms with Gasteiger partial charge in [0.25, 0.3) is 0 Å². The number of aromatic nitrogens is 8. The number of ether oxygens (including phenoxy) is 2. The van der Waals surface area contributed by atoms with Crippen LogP contribution in [0.25, 0.3) is 56.4 Å². The highest BCUT2D eigenvalue weighted by atomic mass is 19.1. The van der Waals surface area contributed by atoms with Crippen molar-refractivity contribution in [2.45, 2.75) is 0 Å². The van der Waals surface area contributed by atoms with E-state index in [-0.39, 0.29) is 17.1 Å². The first kappa shape index (κ1) is 35.3. The fraction of sp³-hybridized carbons (Fsp3) is 0.0732. The minimum atomic E-state index is -0.420. The Hall–Kier alpha value is -7.12. The van der Waals surface area contributed by atoms with Crippen molar-refractivity contribution in [3.63, 3.8) is 0 Å². The van der Waals surface area contributed by atoms with Gasteiger partial charge in [-0.25, -0.2) is 8.78 Å². The Kier molecular flexibility index (Phi) is 10.8. The second-order valence-corrected chi connectivity index (χ2v) is 11.7. The van der Waals surface area contributed by atoms with Crippen LogP contribution < -0.4 is 4.74 Å². The van der Waals surface area contributed by atoms with E-state index in [0.717, 1.165) is 28.0 Å². The molecule has 0 saturated heterocycles. The van der Waals surface area contributed by atoms with Gasteiger partial charge >= 0.3 is 0 Å².